The van der Waals surface area contributed by atoms with Crippen LogP contribution in [0.1, 0.15) is 5.56 Å². The Morgan fingerprint density at radius 2 is 2.46 bits per heavy atom. The number of nitrogens with zero attached hydrogens (tertiary/aromatic N) is 1. The van der Waals surface area contributed by atoms with Crippen molar-refractivity contribution in [1.29, 1.82) is 0 Å². The van der Waals surface area contributed by atoms with Gasteiger partial charge in [0.2, 0.25) is 5.95 Å². The summed E-state index contributed by atoms with van der Waals surface area (Å²) in [7, 11) is 1.36. The number of halogens is 1. The summed E-state index contributed by atoms with van der Waals surface area (Å²) in [6, 6.07) is 2.93. The first-order chi connectivity index (χ1) is 6.33. The molecule has 0 aromatic carbocycles. The Kier molecular flexibility index (Phi) is 4.69. The van der Waals surface area contributed by atoms with Gasteiger partial charge in [-0.2, -0.15) is 4.39 Å². The van der Waals surface area contributed by atoms with Crippen LogP contribution in [0.4, 0.5) is 4.39 Å². The largest absolute Gasteiger partial charge is 0.285 e. The van der Waals surface area contributed by atoms with Crippen LogP contribution >= 0.6 is 12.3 Å². The zero-order chi connectivity index (χ0) is 9.52. The molecule has 0 saturated carbocycles. The Hall–Kier alpha value is -0.690. The van der Waals surface area contributed by atoms with E-state index in [0.717, 1.165) is 0 Å². The van der Waals surface area contributed by atoms with Crippen LogP contribution in [0, 0.1) is 5.95 Å². The zero-order valence-corrected chi connectivity index (χ0v) is 7.71. The van der Waals surface area contributed by atoms with Gasteiger partial charge in [-0.1, -0.05) is 0 Å². The Balaban J connectivity index is 2.28. The molecule has 0 saturated heterocycles. The van der Waals surface area contributed by atoms with Gasteiger partial charge >= 0.3 is 0 Å². The number of aromatic nitrogens is 1. The molecule has 1 heterocycles. The van der Waals surface area contributed by atoms with Crippen molar-refractivity contribution >= 4 is 12.3 Å². The van der Waals surface area contributed by atoms with E-state index in [1.54, 1.807) is 6.07 Å². The summed E-state index contributed by atoms with van der Waals surface area (Å²) >= 11 is 0.689. The van der Waals surface area contributed by atoms with Crippen molar-refractivity contribution in [1.82, 2.24) is 4.98 Å². The monoisotopic (exact) mass is 205 g/mol. The minimum Gasteiger partial charge on any atom is -0.285 e. The summed E-state index contributed by atoms with van der Waals surface area (Å²) in [5, 5.41) is 0. The van der Waals surface area contributed by atoms with Gasteiger partial charge in [0.1, 0.15) is 0 Å². The van der Waals surface area contributed by atoms with Crippen LogP contribution in [0.3, 0.4) is 0 Å². The molecule has 0 amide bonds. The maximum atomic E-state index is 12.5. The van der Waals surface area contributed by atoms with Crippen molar-refractivity contribution in [3.8, 4) is 0 Å². The molecule has 0 spiro atoms. The van der Waals surface area contributed by atoms with E-state index in [2.05, 4.69) is 14.2 Å². The quantitative estimate of drug-likeness (QED) is 0.241. The van der Waals surface area contributed by atoms with Crippen molar-refractivity contribution < 1.29 is 17.8 Å². The van der Waals surface area contributed by atoms with Gasteiger partial charge in [-0.3, -0.25) is 4.18 Å². The Morgan fingerprint density at radius 1 is 1.62 bits per heavy atom. The van der Waals surface area contributed by atoms with Crippen LogP contribution in [0.5, 0.6) is 0 Å². The number of rotatable bonds is 5. The van der Waals surface area contributed by atoms with E-state index in [0.29, 0.717) is 17.9 Å². The molecule has 0 radical (unpaired) electrons. The number of hydrogen-bond donors (Lipinski definition) is 0. The van der Waals surface area contributed by atoms with Crippen LogP contribution in [0.25, 0.3) is 0 Å². The highest BCUT2D eigenvalue weighted by molar-refractivity contribution is 7.89. The van der Waals surface area contributed by atoms with Gasteiger partial charge in [-0.05, 0) is 17.7 Å². The third-order valence-electron chi connectivity index (χ3n) is 1.16. The van der Waals surface area contributed by atoms with E-state index >= 15 is 0 Å². The third kappa shape index (κ3) is 4.18. The molecule has 0 bridgehead atoms. The van der Waals surface area contributed by atoms with Crippen LogP contribution < -0.4 is 0 Å². The average molecular weight is 205 g/mol. The van der Waals surface area contributed by atoms with Gasteiger partial charge in [0.15, 0.2) is 12.3 Å². The second-order valence-corrected chi connectivity index (χ2v) is 2.56. The molecular weight excluding hydrogens is 197 g/mol. The molecule has 0 aliphatic carbocycles. The van der Waals surface area contributed by atoms with Gasteiger partial charge in [-0.15, -0.1) is 4.33 Å². The Bertz CT molecular complexity index is 261. The van der Waals surface area contributed by atoms with E-state index in [-0.39, 0.29) is 6.61 Å². The highest BCUT2D eigenvalue weighted by atomic mass is 32.2. The first-order valence-electron chi connectivity index (χ1n) is 3.42. The Labute approximate surface area is 79.4 Å². The molecular formula is C7H8FNO3S. The second kappa shape index (κ2) is 5.87. The molecule has 13 heavy (non-hydrogen) atoms. The minimum absolute atomic E-state index is 0.230. The molecule has 0 aliphatic rings. The van der Waals surface area contributed by atoms with Crippen molar-refractivity contribution in [2.24, 2.45) is 0 Å². The molecule has 0 atom stereocenters. The van der Waals surface area contributed by atoms with E-state index in [1.165, 1.54) is 19.4 Å². The molecule has 1 rings (SSSR count). The summed E-state index contributed by atoms with van der Waals surface area (Å²) in [5.74, 6) is -0.529. The summed E-state index contributed by atoms with van der Waals surface area (Å²) in [6.45, 7) is 0.230. The summed E-state index contributed by atoms with van der Waals surface area (Å²) in [4.78, 5) is 7.65. The van der Waals surface area contributed by atoms with Crippen LogP contribution in [-0.2, 0) is 20.0 Å². The highest BCUT2D eigenvalue weighted by Gasteiger charge is 1.97. The maximum Gasteiger partial charge on any atom is 0.213 e. The fourth-order valence-electron chi connectivity index (χ4n) is 0.672. The van der Waals surface area contributed by atoms with Gasteiger partial charge < -0.3 is 0 Å². The molecule has 0 unspecified atom stereocenters. The third-order valence-corrected chi connectivity index (χ3v) is 1.57. The lowest BCUT2D eigenvalue weighted by Crippen LogP contribution is -1.90. The van der Waals surface area contributed by atoms with Crippen molar-refractivity contribution in [3.63, 3.8) is 0 Å². The molecule has 72 valence electrons. The predicted molar refractivity (Wildman–Crippen MR) is 44.7 cm³/mol. The number of pyridine rings is 1. The van der Waals surface area contributed by atoms with Crippen LogP contribution in [0.2, 0.25) is 0 Å². The Morgan fingerprint density at radius 3 is 3.15 bits per heavy atom. The summed E-state index contributed by atoms with van der Waals surface area (Å²) in [5.41, 5.74) is 0.680. The SMILES string of the molecule is COOSOCc1ccnc(F)c1. The molecule has 0 fully saturated rings. The first-order valence-corrected chi connectivity index (χ1v) is 4.09. The standard InChI is InChI=1S/C7H8FNO3S/c1-10-12-13-11-5-6-2-3-9-7(8)4-6/h2-4H,5H2,1H3. The summed E-state index contributed by atoms with van der Waals surface area (Å²) in [6.07, 6.45) is 1.37. The first kappa shape index (κ1) is 10.4. The molecule has 1 aromatic rings. The van der Waals surface area contributed by atoms with Crippen molar-refractivity contribution in [2.45, 2.75) is 6.61 Å². The maximum absolute atomic E-state index is 12.5. The van der Waals surface area contributed by atoms with Gasteiger partial charge in [0.05, 0.1) is 13.7 Å². The van der Waals surface area contributed by atoms with Crippen LogP contribution in [-0.4, -0.2) is 12.1 Å². The molecule has 0 N–H and O–H groups in total. The van der Waals surface area contributed by atoms with E-state index in [9.17, 15) is 4.39 Å². The van der Waals surface area contributed by atoms with Gasteiger partial charge in [0, 0.05) is 6.20 Å². The molecule has 0 aliphatic heterocycles. The topological polar surface area (TPSA) is 40.6 Å². The van der Waals surface area contributed by atoms with Crippen molar-refractivity contribution in [2.75, 3.05) is 7.11 Å². The van der Waals surface area contributed by atoms with Gasteiger partial charge in [-0.25, -0.2) is 9.87 Å². The minimum atomic E-state index is -0.529. The average Bonchev–Trinajstić information content (AvgIpc) is 2.13. The lowest BCUT2D eigenvalue weighted by molar-refractivity contribution is -0.167. The lowest BCUT2D eigenvalue weighted by Gasteiger charge is -2.00. The summed E-state index contributed by atoms with van der Waals surface area (Å²) < 4.78 is 21.8. The van der Waals surface area contributed by atoms with Gasteiger partial charge in [0.25, 0.3) is 0 Å². The molecule has 1 aromatic heterocycles. The van der Waals surface area contributed by atoms with Crippen LogP contribution in [0.15, 0.2) is 18.3 Å². The smallest absolute Gasteiger partial charge is 0.213 e. The fourth-order valence-corrected chi connectivity index (χ4v) is 0.951. The fraction of sp³-hybridized carbons (Fsp3) is 0.286. The second-order valence-electron chi connectivity index (χ2n) is 2.05. The van der Waals surface area contributed by atoms with E-state index < -0.39 is 5.95 Å². The normalized spacial score (nSPS) is 10.3. The van der Waals surface area contributed by atoms with E-state index in [4.69, 9.17) is 4.18 Å². The molecule has 6 heteroatoms. The highest BCUT2D eigenvalue weighted by Crippen LogP contribution is 2.10. The molecule has 4 nitrogen and oxygen atoms in total. The zero-order valence-electron chi connectivity index (χ0n) is 6.90. The predicted octanol–water partition coefficient (Wildman–Crippen LogP) is 1.88. The van der Waals surface area contributed by atoms with Crippen molar-refractivity contribution in [3.05, 3.63) is 29.8 Å². The number of hydrogen-bond acceptors (Lipinski definition) is 5. The lowest BCUT2D eigenvalue weighted by atomic mass is 10.3. The van der Waals surface area contributed by atoms with E-state index in [1.807, 2.05) is 0 Å².